The minimum Gasteiger partial charge on any atom is -0.494 e. The van der Waals surface area contributed by atoms with Gasteiger partial charge in [0.2, 0.25) is 0 Å². The van der Waals surface area contributed by atoms with Crippen LogP contribution in [0, 0.1) is 6.92 Å². The number of aryl methyl sites for hydroxylation is 1. The van der Waals surface area contributed by atoms with E-state index in [0.29, 0.717) is 35.0 Å². The fraction of sp³-hybridized carbons (Fsp3) is 0.167. The Morgan fingerprint density at radius 1 is 0.571 bits per heavy atom. The second-order valence-corrected chi connectivity index (χ2v) is 11.6. The highest BCUT2D eigenvalue weighted by Crippen LogP contribution is 2.33. The molecule has 5 rings (SSSR count). The van der Waals surface area contributed by atoms with Crippen molar-refractivity contribution in [2.45, 2.75) is 27.7 Å². The monoisotopic (exact) mass is 654 g/mol. The van der Waals surface area contributed by atoms with Gasteiger partial charge in [-0.25, -0.2) is 4.79 Å². The third kappa shape index (κ3) is 8.70. The lowest BCUT2D eigenvalue weighted by atomic mass is 9.93. The van der Waals surface area contributed by atoms with Gasteiger partial charge in [0.1, 0.15) is 23.9 Å². The van der Waals surface area contributed by atoms with E-state index in [0.717, 1.165) is 44.5 Å². The molecule has 5 aromatic carbocycles. The first-order valence-corrected chi connectivity index (χ1v) is 16.0. The smallest absolute Gasteiger partial charge is 0.341 e. The van der Waals surface area contributed by atoms with E-state index in [2.05, 4.69) is 24.3 Å². The molecule has 0 aliphatic rings. The van der Waals surface area contributed by atoms with Crippen molar-refractivity contribution in [3.05, 3.63) is 149 Å². The van der Waals surface area contributed by atoms with Crippen molar-refractivity contribution < 1.29 is 33.7 Å². The van der Waals surface area contributed by atoms with Gasteiger partial charge in [0.25, 0.3) is 0 Å². The Hall–Kier alpha value is -5.95. The largest absolute Gasteiger partial charge is 0.494 e. The van der Waals surface area contributed by atoms with Crippen LogP contribution < -0.4 is 9.47 Å². The summed E-state index contributed by atoms with van der Waals surface area (Å²) in [6.45, 7) is 7.01. The standard InChI is InChI=1S/C42H38O7/c1-5-47-40(25-48-38-22-23-39(27(2)24-38)49-26-41(45)46)42(36-18-14-34(15-19-36)32-10-6-30(7-11-32)28(3)43)37-20-16-35(17-21-37)33-12-8-31(9-13-33)29(4)44/h6-24H,5,25-26H2,1-4H3,(H,45,46). The van der Waals surface area contributed by atoms with E-state index >= 15 is 0 Å². The summed E-state index contributed by atoms with van der Waals surface area (Å²) in [5, 5.41) is 8.97. The number of aliphatic carboxylic acids is 1. The van der Waals surface area contributed by atoms with Crippen LogP contribution in [0.3, 0.4) is 0 Å². The van der Waals surface area contributed by atoms with E-state index < -0.39 is 12.6 Å². The van der Waals surface area contributed by atoms with Crippen molar-refractivity contribution in [3.8, 4) is 33.8 Å². The van der Waals surface area contributed by atoms with E-state index in [9.17, 15) is 14.4 Å². The highest BCUT2D eigenvalue weighted by molar-refractivity contribution is 5.95. The first-order valence-electron chi connectivity index (χ1n) is 16.0. The molecule has 0 heterocycles. The van der Waals surface area contributed by atoms with E-state index in [4.69, 9.17) is 19.3 Å². The molecule has 0 aliphatic carbocycles. The molecule has 49 heavy (non-hydrogen) atoms. The Labute approximate surface area is 286 Å². The lowest BCUT2D eigenvalue weighted by Crippen LogP contribution is -2.11. The van der Waals surface area contributed by atoms with Crippen LogP contribution in [-0.4, -0.2) is 42.5 Å². The number of hydrogen-bond donors (Lipinski definition) is 1. The molecular weight excluding hydrogens is 616 g/mol. The molecule has 0 spiro atoms. The van der Waals surface area contributed by atoms with Crippen molar-refractivity contribution in [3.63, 3.8) is 0 Å². The molecule has 248 valence electrons. The summed E-state index contributed by atoms with van der Waals surface area (Å²) in [6.07, 6.45) is 0. The zero-order valence-corrected chi connectivity index (χ0v) is 28.0. The summed E-state index contributed by atoms with van der Waals surface area (Å²) in [6, 6.07) is 36.8. The highest BCUT2D eigenvalue weighted by atomic mass is 16.5. The van der Waals surface area contributed by atoms with Crippen LogP contribution in [0.25, 0.3) is 27.8 Å². The number of carbonyl (C=O) groups is 3. The molecule has 0 saturated carbocycles. The number of carboxylic acids is 1. The predicted molar refractivity (Wildman–Crippen MR) is 191 cm³/mol. The van der Waals surface area contributed by atoms with Gasteiger partial charge in [-0.1, -0.05) is 97.1 Å². The zero-order valence-electron chi connectivity index (χ0n) is 28.0. The summed E-state index contributed by atoms with van der Waals surface area (Å²) in [5.41, 5.74) is 8.85. The van der Waals surface area contributed by atoms with Gasteiger partial charge >= 0.3 is 5.97 Å². The van der Waals surface area contributed by atoms with Gasteiger partial charge in [0, 0.05) is 16.7 Å². The van der Waals surface area contributed by atoms with Crippen molar-refractivity contribution in [1.82, 2.24) is 0 Å². The molecule has 0 radical (unpaired) electrons. The van der Waals surface area contributed by atoms with Gasteiger partial charge in [-0.15, -0.1) is 0 Å². The first kappa shape index (κ1) is 34.4. The van der Waals surface area contributed by atoms with Crippen LogP contribution in [0.5, 0.6) is 11.5 Å². The van der Waals surface area contributed by atoms with Crippen molar-refractivity contribution in [1.29, 1.82) is 0 Å². The Morgan fingerprint density at radius 3 is 1.37 bits per heavy atom. The van der Waals surface area contributed by atoms with Crippen LogP contribution in [-0.2, 0) is 9.53 Å². The Bertz CT molecular complexity index is 1870. The number of carbonyl (C=O) groups excluding carboxylic acids is 2. The normalized spacial score (nSPS) is 10.6. The SMILES string of the molecule is CCOC(COc1ccc(OCC(=O)O)c(C)c1)=C(c1ccc(-c2ccc(C(C)=O)cc2)cc1)c1ccc(-c2ccc(C(C)=O)cc2)cc1. The summed E-state index contributed by atoms with van der Waals surface area (Å²) >= 11 is 0. The average Bonchev–Trinajstić information content (AvgIpc) is 3.11. The maximum atomic E-state index is 11.8. The molecule has 0 amide bonds. The van der Waals surface area contributed by atoms with Crippen LogP contribution in [0.2, 0.25) is 0 Å². The number of rotatable bonds is 14. The molecule has 0 bridgehead atoms. The second kappa shape index (κ2) is 15.8. The number of hydrogen-bond acceptors (Lipinski definition) is 6. The van der Waals surface area contributed by atoms with Gasteiger partial charge in [-0.3, -0.25) is 9.59 Å². The van der Waals surface area contributed by atoms with Gasteiger partial charge in [-0.2, -0.15) is 0 Å². The lowest BCUT2D eigenvalue weighted by Gasteiger charge is -2.19. The summed E-state index contributed by atoms with van der Waals surface area (Å²) < 4.78 is 17.9. The number of carboxylic acid groups (broad SMARTS) is 1. The van der Waals surface area contributed by atoms with E-state index in [-0.39, 0.29) is 18.2 Å². The molecule has 7 heteroatoms. The van der Waals surface area contributed by atoms with Gasteiger partial charge in [0.15, 0.2) is 18.2 Å². The summed E-state index contributed by atoms with van der Waals surface area (Å²) in [5.74, 6) is 0.715. The Morgan fingerprint density at radius 2 is 1.00 bits per heavy atom. The predicted octanol–water partition coefficient (Wildman–Crippen LogP) is 9.07. The quantitative estimate of drug-likeness (QED) is 0.0942. The fourth-order valence-corrected chi connectivity index (χ4v) is 5.46. The molecule has 0 unspecified atom stereocenters. The summed E-state index contributed by atoms with van der Waals surface area (Å²) in [7, 11) is 0. The molecule has 0 atom stereocenters. The van der Waals surface area contributed by atoms with Crippen molar-refractivity contribution in [2.75, 3.05) is 19.8 Å². The molecule has 5 aromatic rings. The average molecular weight is 655 g/mol. The third-order valence-corrected chi connectivity index (χ3v) is 8.06. The number of ketones is 2. The zero-order chi connectivity index (χ0) is 34.9. The molecule has 1 N–H and O–H groups in total. The van der Waals surface area contributed by atoms with E-state index in [1.165, 1.54) is 0 Å². The Balaban J connectivity index is 1.50. The van der Waals surface area contributed by atoms with Crippen molar-refractivity contribution >= 4 is 23.1 Å². The minimum atomic E-state index is -1.04. The number of ether oxygens (including phenoxy) is 3. The van der Waals surface area contributed by atoms with Gasteiger partial charge in [-0.05, 0) is 84.8 Å². The van der Waals surface area contributed by atoms with Crippen LogP contribution in [0.15, 0.2) is 121 Å². The molecule has 0 saturated heterocycles. The maximum absolute atomic E-state index is 11.8. The van der Waals surface area contributed by atoms with Crippen LogP contribution in [0.1, 0.15) is 58.2 Å². The van der Waals surface area contributed by atoms with E-state index in [1.54, 1.807) is 32.0 Å². The molecule has 7 nitrogen and oxygen atoms in total. The minimum absolute atomic E-state index is 0.0269. The highest BCUT2D eigenvalue weighted by Gasteiger charge is 2.16. The van der Waals surface area contributed by atoms with Gasteiger partial charge < -0.3 is 19.3 Å². The molecule has 0 fully saturated rings. The lowest BCUT2D eigenvalue weighted by molar-refractivity contribution is -0.139. The van der Waals surface area contributed by atoms with Gasteiger partial charge in [0.05, 0.1) is 6.61 Å². The van der Waals surface area contributed by atoms with E-state index in [1.807, 2.05) is 86.6 Å². The Kier molecular flexibility index (Phi) is 11.1. The third-order valence-electron chi connectivity index (χ3n) is 8.06. The fourth-order valence-electron chi connectivity index (χ4n) is 5.46. The summed E-state index contributed by atoms with van der Waals surface area (Å²) in [4.78, 5) is 34.5. The topological polar surface area (TPSA) is 99.1 Å². The van der Waals surface area contributed by atoms with Crippen LogP contribution in [0.4, 0.5) is 0 Å². The second-order valence-electron chi connectivity index (χ2n) is 11.6. The van der Waals surface area contributed by atoms with Crippen molar-refractivity contribution in [2.24, 2.45) is 0 Å². The molecule has 0 aliphatic heterocycles. The number of benzene rings is 5. The maximum Gasteiger partial charge on any atom is 0.341 e. The van der Waals surface area contributed by atoms with Crippen LogP contribution >= 0.6 is 0 Å². The number of Topliss-reactive ketones (excluding diaryl/α,β-unsaturated/α-hetero) is 2. The molecule has 0 aromatic heterocycles. The molecular formula is C42H38O7. The first-order chi connectivity index (χ1) is 23.6.